The molecule has 2 rings (SSSR count). The van der Waals surface area contributed by atoms with E-state index in [-0.39, 0.29) is 11.3 Å². The van der Waals surface area contributed by atoms with Gasteiger partial charge in [0.25, 0.3) is 0 Å². The largest absolute Gasteiger partial charge is 0.478 e. The van der Waals surface area contributed by atoms with Crippen molar-refractivity contribution in [2.75, 3.05) is 0 Å². The Labute approximate surface area is 84.6 Å². The summed E-state index contributed by atoms with van der Waals surface area (Å²) in [6, 6.07) is 2.83. The molecule has 0 aromatic carbocycles. The van der Waals surface area contributed by atoms with Crippen molar-refractivity contribution in [1.29, 1.82) is 0 Å². The van der Waals surface area contributed by atoms with Crippen molar-refractivity contribution >= 4 is 5.97 Å². The average molecular weight is 208 g/mol. The molecule has 15 heavy (non-hydrogen) atoms. The standard InChI is InChI=1S/C10H8O5/c11-8(6-1-3-14-5-6)9-7(10(12)13)2-4-15-9/h1-5,8,11H,(H,12,13). The van der Waals surface area contributed by atoms with E-state index in [9.17, 15) is 9.90 Å². The number of furan rings is 2. The lowest BCUT2D eigenvalue weighted by Gasteiger charge is -2.05. The summed E-state index contributed by atoms with van der Waals surface area (Å²) in [5, 5.41) is 18.6. The molecule has 0 bridgehead atoms. The molecule has 0 spiro atoms. The molecule has 1 unspecified atom stereocenters. The van der Waals surface area contributed by atoms with Gasteiger partial charge >= 0.3 is 5.97 Å². The summed E-state index contributed by atoms with van der Waals surface area (Å²) in [5.74, 6) is -1.13. The normalized spacial score (nSPS) is 12.6. The van der Waals surface area contributed by atoms with Crippen molar-refractivity contribution in [3.05, 3.63) is 47.8 Å². The second kappa shape index (κ2) is 3.62. The predicted molar refractivity (Wildman–Crippen MR) is 48.4 cm³/mol. The van der Waals surface area contributed by atoms with Gasteiger partial charge in [0, 0.05) is 5.56 Å². The summed E-state index contributed by atoms with van der Waals surface area (Å²) in [6.45, 7) is 0. The van der Waals surface area contributed by atoms with Crippen LogP contribution in [0.1, 0.15) is 27.8 Å². The molecule has 0 saturated carbocycles. The van der Waals surface area contributed by atoms with Gasteiger partial charge in [-0.1, -0.05) is 0 Å². The van der Waals surface area contributed by atoms with Gasteiger partial charge in [0.05, 0.1) is 18.8 Å². The Bertz CT molecular complexity index is 454. The quantitative estimate of drug-likeness (QED) is 0.801. The number of carboxylic acids is 1. The molecular weight excluding hydrogens is 200 g/mol. The molecule has 0 aliphatic heterocycles. The predicted octanol–water partition coefficient (Wildman–Crippen LogP) is 1.65. The first-order valence-electron chi connectivity index (χ1n) is 4.21. The van der Waals surface area contributed by atoms with Gasteiger partial charge in [0.15, 0.2) is 5.76 Å². The molecule has 2 aromatic heterocycles. The monoisotopic (exact) mass is 208 g/mol. The molecule has 78 valence electrons. The number of aliphatic hydroxyl groups excluding tert-OH is 1. The van der Waals surface area contributed by atoms with Gasteiger partial charge in [-0.2, -0.15) is 0 Å². The number of carboxylic acid groups (broad SMARTS) is 1. The van der Waals surface area contributed by atoms with Gasteiger partial charge in [-0.25, -0.2) is 4.79 Å². The molecule has 0 fully saturated rings. The number of carbonyl (C=O) groups is 1. The zero-order chi connectivity index (χ0) is 10.8. The lowest BCUT2D eigenvalue weighted by molar-refractivity contribution is 0.0687. The highest BCUT2D eigenvalue weighted by atomic mass is 16.4. The van der Waals surface area contributed by atoms with E-state index in [4.69, 9.17) is 13.9 Å². The summed E-state index contributed by atoms with van der Waals surface area (Å²) in [5.41, 5.74) is 0.399. The molecule has 2 heterocycles. The van der Waals surface area contributed by atoms with Crippen LogP contribution in [0, 0.1) is 0 Å². The maximum Gasteiger partial charge on any atom is 0.339 e. The van der Waals surface area contributed by atoms with Gasteiger partial charge in [0.1, 0.15) is 11.7 Å². The Morgan fingerprint density at radius 2 is 2.13 bits per heavy atom. The van der Waals surface area contributed by atoms with Crippen molar-refractivity contribution in [1.82, 2.24) is 0 Å². The minimum Gasteiger partial charge on any atom is -0.478 e. The molecular formula is C10H8O5. The Hall–Kier alpha value is -2.01. The number of aromatic carboxylic acids is 1. The second-order valence-electron chi connectivity index (χ2n) is 2.96. The SMILES string of the molecule is O=C(O)c1ccoc1C(O)c1ccoc1. The van der Waals surface area contributed by atoms with E-state index in [0.717, 1.165) is 0 Å². The van der Waals surface area contributed by atoms with Crippen molar-refractivity contribution in [2.45, 2.75) is 6.10 Å². The Morgan fingerprint density at radius 3 is 2.73 bits per heavy atom. The molecule has 0 aliphatic rings. The highest BCUT2D eigenvalue weighted by Gasteiger charge is 2.22. The molecule has 0 radical (unpaired) electrons. The summed E-state index contributed by atoms with van der Waals surface area (Å²) in [7, 11) is 0. The van der Waals surface area contributed by atoms with Crippen LogP contribution in [0.2, 0.25) is 0 Å². The van der Waals surface area contributed by atoms with Crippen LogP contribution in [0.15, 0.2) is 39.8 Å². The Kier molecular flexibility index (Phi) is 2.31. The number of rotatable bonds is 3. The highest BCUT2D eigenvalue weighted by molar-refractivity contribution is 5.88. The first-order valence-corrected chi connectivity index (χ1v) is 4.21. The lowest BCUT2D eigenvalue weighted by atomic mass is 10.1. The lowest BCUT2D eigenvalue weighted by Crippen LogP contribution is -2.04. The molecule has 2 N–H and O–H groups in total. The fourth-order valence-corrected chi connectivity index (χ4v) is 1.29. The van der Waals surface area contributed by atoms with Crippen molar-refractivity contribution in [3.63, 3.8) is 0 Å². The summed E-state index contributed by atoms with van der Waals surface area (Å²) >= 11 is 0. The van der Waals surface area contributed by atoms with Gasteiger partial charge in [-0.15, -0.1) is 0 Å². The van der Waals surface area contributed by atoms with Gasteiger partial charge < -0.3 is 19.0 Å². The van der Waals surface area contributed by atoms with Gasteiger partial charge in [0.2, 0.25) is 0 Å². The van der Waals surface area contributed by atoms with E-state index < -0.39 is 12.1 Å². The molecule has 0 aliphatic carbocycles. The van der Waals surface area contributed by atoms with Crippen molar-refractivity contribution in [3.8, 4) is 0 Å². The molecule has 1 atom stereocenters. The molecule has 5 nitrogen and oxygen atoms in total. The third kappa shape index (κ3) is 1.64. The zero-order valence-electron chi connectivity index (χ0n) is 7.58. The van der Waals surface area contributed by atoms with E-state index >= 15 is 0 Å². The van der Waals surface area contributed by atoms with E-state index in [0.29, 0.717) is 5.56 Å². The van der Waals surface area contributed by atoms with Crippen LogP contribution in [-0.4, -0.2) is 16.2 Å². The summed E-state index contributed by atoms with van der Waals surface area (Å²) in [6.07, 6.45) is 2.83. The third-order valence-corrected chi connectivity index (χ3v) is 2.03. The Morgan fingerprint density at radius 1 is 1.33 bits per heavy atom. The first kappa shape index (κ1) is 9.54. The van der Waals surface area contributed by atoms with Gasteiger partial charge in [-0.3, -0.25) is 0 Å². The highest BCUT2D eigenvalue weighted by Crippen LogP contribution is 2.26. The minimum atomic E-state index is -1.14. The summed E-state index contributed by atoms with van der Waals surface area (Å²) in [4.78, 5) is 10.8. The second-order valence-corrected chi connectivity index (χ2v) is 2.96. The van der Waals surface area contributed by atoms with Crippen molar-refractivity contribution in [2.24, 2.45) is 0 Å². The van der Waals surface area contributed by atoms with Crippen LogP contribution in [0.5, 0.6) is 0 Å². The van der Waals surface area contributed by atoms with Crippen LogP contribution >= 0.6 is 0 Å². The third-order valence-electron chi connectivity index (χ3n) is 2.03. The van der Waals surface area contributed by atoms with Crippen LogP contribution in [0.3, 0.4) is 0 Å². The fraction of sp³-hybridized carbons (Fsp3) is 0.100. The molecule has 2 aromatic rings. The maximum atomic E-state index is 10.8. The number of aliphatic hydroxyl groups is 1. The maximum absolute atomic E-state index is 10.8. The first-order chi connectivity index (χ1) is 7.20. The van der Waals surface area contributed by atoms with Crippen LogP contribution < -0.4 is 0 Å². The molecule has 5 heteroatoms. The van der Waals surface area contributed by atoms with Gasteiger partial charge in [-0.05, 0) is 12.1 Å². The zero-order valence-corrected chi connectivity index (χ0v) is 7.58. The molecule has 0 amide bonds. The topological polar surface area (TPSA) is 83.8 Å². The minimum absolute atomic E-state index is 0.00361. The van der Waals surface area contributed by atoms with E-state index in [1.54, 1.807) is 6.07 Å². The van der Waals surface area contributed by atoms with Crippen molar-refractivity contribution < 1.29 is 23.8 Å². The van der Waals surface area contributed by atoms with Crippen LogP contribution in [-0.2, 0) is 0 Å². The van der Waals surface area contributed by atoms with E-state index in [2.05, 4.69) is 0 Å². The summed E-state index contributed by atoms with van der Waals surface area (Å²) < 4.78 is 9.72. The Balaban J connectivity index is 2.37. The number of hydrogen-bond acceptors (Lipinski definition) is 4. The van der Waals surface area contributed by atoms with Crippen LogP contribution in [0.25, 0.3) is 0 Å². The fourth-order valence-electron chi connectivity index (χ4n) is 1.29. The van der Waals surface area contributed by atoms with E-state index in [1.165, 1.54) is 24.9 Å². The number of hydrogen-bond donors (Lipinski definition) is 2. The van der Waals surface area contributed by atoms with Crippen LogP contribution in [0.4, 0.5) is 0 Å². The smallest absolute Gasteiger partial charge is 0.339 e. The average Bonchev–Trinajstić information content (AvgIpc) is 2.88. The van der Waals surface area contributed by atoms with E-state index in [1.807, 2.05) is 0 Å². The molecule has 0 saturated heterocycles.